The van der Waals surface area contributed by atoms with Crippen LogP contribution in [0.5, 0.6) is 0 Å². The molecule has 0 bridgehead atoms. The fraction of sp³-hybridized carbons (Fsp3) is 0.467. The molecule has 22 heavy (non-hydrogen) atoms. The molecule has 0 amide bonds. The third kappa shape index (κ3) is 2.86. The van der Waals surface area contributed by atoms with Crippen LogP contribution in [0.15, 0.2) is 23.4 Å². The minimum atomic E-state index is -4.54. The summed E-state index contributed by atoms with van der Waals surface area (Å²) in [6, 6.07) is 3.84. The van der Waals surface area contributed by atoms with E-state index in [1.165, 1.54) is 4.68 Å². The number of nitrogens with zero attached hydrogens (tertiary/aromatic N) is 3. The Bertz CT molecular complexity index is 703. The Morgan fingerprint density at radius 1 is 1.27 bits per heavy atom. The van der Waals surface area contributed by atoms with Gasteiger partial charge in [0.05, 0.1) is 5.69 Å². The van der Waals surface area contributed by atoms with Crippen LogP contribution in [0.3, 0.4) is 0 Å². The summed E-state index contributed by atoms with van der Waals surface area (Å²) in [6.07, 6.45) is -1.31. The zero-order valence-corrected chi connectivity index (χ0v) is 13.1. The van der Waals surface area contributed by atoms with Crippen LogP contribution in [0.25, 0.3) is 5.69 Å². The van der Waals surface area contributed by atoms with Gasteiger partial charge in [-0.15, -0.1) is 17.7 Å². The van der Waals surface area contributed by atoms with Crippen LogP contribution < -0.4 is 0 Å². The van der Waals surface area contributed by atoms with Crippen LogP contribution in [0.1, 0.15) is 55.5 Å². The molecule has 0 unspecified atom stereocenters. The smallest absolute Gasteiger partial charge is 0.220 e. The van der Waals surface area contributed by atoms with E-state index in [0.29, 0.717) is 17.5 Å². The van der Waals surface area contributed by atoms with E-state index in [4.69, 9.17) is 0 Å². The second-order valence-corrected chi connectivity index (χ2v) is 6.39. The lowest BCUT2D eigenvalue weighted by Crippen LogP contribution is -2.09. The van der Waals surface area contributed by atoms with E-state index in [1.807, 2.05) is 0 Å². The number of alkyl halides is 3. The van der Waals surface area contributed by atoms with Gasteiger partial charge in [0.1, 0.15) is 6.33 Å². The molecule has 0 spiro atoms. The maximum Gasteiger partial charge on any atom is 0.453 e. The second kappa shape index (κ2) is 5.30. The molecule has 1 aliphatic rings. The summed E-state index contributed by atoms with van der Waals surface area (Å²) in [5.41, 5.74) is 2.77. The number of hydrogen-bond donors (Lipinski definition) is 1. The van der Waals surface area contributed by atoms with E-state index in [0.717, 1.165) is 35.2 Å². The van der Waals surface area contributed by atoms with Crippen molar-refractivity contribution in [3.05, 3.63) is 35.4 Å². The molecule has 0 aliphatic heterocycles. The Kier molecular flexibility index (Phi) is 3.71. The Morgan fingerprint density at radius 3 is 2.45 bits per heavy atom. The van der Waals surface area contributed by atoms with Crippen LogP contribution in [0, 0.1) is 0 Å². The first-order chi connectivity index (χ1) is 10.3. The number of rotatable bonds is 3. The number of benzene rings is 1. The van der Waals surface area contributed by atoms with Gasteiger partial charge in [0, 0.05) is 4.90 Å². The summed E-state index contributed by atoms with van der Waals surface area (Å²) in [6.45, 7) is 4.14. The first-order valence-corrected chi connectivity index (χ1v) is 7.58. The molecular weight excluding hydrogens is 311 g/mol. The van der Waals surface area contributed by atoms with Crippen molar-refractivity contribution in [1.82, 2.24) is 14.8 Å². The number of halogens is 3. The third-order valence-electron chi connectivity index (χ3n) is 3.81. The molecule has 1 aromatic heterocycles. The lowest BCUT2D eigenvalue weighted by atomic mass is 9.97. The third-order valence-corrected chi connectivity index (χ3v) is 4.19. The van der Waals surface area contributed by atoms with Gasteiger partial charge in [-0.1, -0.05) is 19.9 Å². The molecule has 3 rings (SSSR count). The van der Waals surface area contributed by atoms with Crippen molar-refractivity contribution in [2.75, 3.05) is 0 Å². The number of thiol groups is 1. The van der Waals surface area contributed by atoms with E-state index >= 15 is 0 Å². The predicted octanol–water partition coefficient (Wildman–Crippen LogP) is 4.58. The minimum Gasteiger partial charge on any atom is -0.220 e. The van der Waals surface area contributed by atoms with Crippen molar-refractivity contribution in [1.29, 1.82) is 0 Å². The van der Waals surface area contributed by atoms with E-state index in [1.54, 1.807) is 6.07 Å². The summed E-state index contributed by atoms with van der Waals surface area (Å²) in [5.74, 6) is -0.427. The zero-order chi connectivity index (χ0) is 16.1. The van der Waals surface area contributed by atoms with Crippen LogP contribution in [-0.4, -0.2) is 14.8 Å². The van der Waals surface area contributed by atoms with E-state index in [9.17, 15) is 13.2 Å². The van der Waals surface area contributed by atoms with Crippen molar-refractivity contribution in [3.63, 3.8) is 0 Å². The van der Waals surface area contributed by atoms with Gasteiger partial charge in [-0.25, -0.2) is 9.67 Å². The van der Waals surface area contributed by atoms with Crippen molar-refractivity contribution in [2.45, 2.75) is 49.6 Å². The molecule has 1 aliphatic carbocycles. The van der Waals surface area contributed by atoms with Crippen LogP contribution in [0.2, 0.25) is 0 Å². The molecule has 1 saturated carbocycles. The molecule has 7 heteroatoms. The molecule has 2 aromatic rings. The summed E-state index contributed by atoms with van der Waals surface area (Å²) < 4.78 is 39.3. The van der Waals surface area contributed by atoms with Crippen LogP contribution in [0.4, 0.5) is 13.2 Å². The fourth-order valence-electron chi connectivity index (χ4n) is 2.50. The monoisotopic (exact) mass is 327 g/mol. The largest absolute Gasteiger partial charge is 0.453 e. The summed E-state index contributed by atoms with van der Waals surface area (Å²) in [5, 5.41) is 3.58. The molecule has 0 atom stereocenters. The summed E-state index contributed by atoms with van der Waals surface area (Å²) in [4.78, 5) is 4.14. The zero-order valence-electron chi connectivity index (χ0n) is 12.2. The number of aromatic nitrogens is 3. The maximum absolute atomic E-state index is 12.7. The molecule has 1 aromatic carbocycles. The molecule has 3 nitrogen and oxygen atoms in total. The average Bonchev–Trinajstić information content (AvgIpc) is 3.13. The van der Waals surface area contributed by atoms with Crippen molar-refractivity contribution >= 4 is 12.6 Å². The molecule has 1 heterocycles. The van der Waals surface area contributed by atoms with Gasteiger partial charge in [0.15, 0.2) is 0 Å². The Morgan fingerprint density at radius 2 is 1.95 bits per heavy atom. The Hall–Kier alpha value is -1.50. The normalized spacial score (nSPS) is 15.6. The van der Waals surface area contributed by atoms with Gasteiger partial charge in [0.2, 0.25) is 0 Å². The van der Waals surface area contributed by atoms with Gasteiger partial charge < -0.3 is 0 Å². The molecule has 1 fully saturated rings. The first kappa shape index (κ1) is 15.4. The second-order valence-electron chi connectivity index (χ2n) is 5.91. The maximum atomic E-state index is 12.7. The molecule has 0 saturated heterocycles. The lowest BCUT2D eigenvalue weighted by Gasteiger charge is -2.15. The van der Waals surface area contributed by atoms with Gasteiger partial charge >= 0.3 is 6.18 Å². The van der Waals surface area contributed by atoms with Gasteiger partial charge in [0.25, 0.3) is 5.82 Å². The van der Waals surface area contributed by atoms with Gasteiger partial charge in [-0.2, -0.15) is 13.2 Å². The van der Waals surface area contributed by atoms with E-state index < -0.39 is 12.0 Å². The van der Waals surface area contributed by atoms with Crippen molar-refractivity contribution in [3.8, 4) is 5.69 Å². The summed E-state index contributed by atoms with van der Waals surface area (Å²) >= 11 is 4.47. The van der Waals surface area contributed by atoms with Crippen molar-refractivity contribution < 1.29 is 13.2 Å². The van der Waals surface area contributed by atoms with Gasteiger partial charge in [-0.3, -0.25) is 0 Å². The molecule has 118 valence electrons. The van der Waals surface area contributed by atoms with Crippen molar-refractivity contribution in [2.24, 2.45) is 0 Å². The Balaban J connectivity index is 2.10. The highest BCUT2D eigenvalue weighted by Crippen LogP contribution is 2.44. The quantitative estimate of drug-likeness (QED) is 0.837. The predicted molar refractivity (Wildman–Crippen MR) is 79.7 cm³/mol. The number of hydrogen-bond acceptors (Lipinski definition) is 3. The van der Waals surface area contributed by atoms with Crippen LogP contribution in [-0.2, 0) is 6.18 Å². The highest BCUT2D eigenvalue weighted by Gasteiger charge is 2.36. The average molecular weight is 327 g/mol. The first-order valence-electron chi connectivity index (χ1n) is 7.13. The van der Waals surface area contributed by atoms with E-state index in [-0.39, 0.29) is 0 Å². The molecule has 0 N–H and O–H groups in total. The highest BCUT2D eigenvalue weighted by atomic mass is 32.1. The highest BCUT2D eigenvalue weighted by molar-refractivity contribution is 7.80. The lowest BCUT2D eigenvalue weighted by molar-refractivity contribution is -0.144. The topological polar surface area (TPSA) is 30.7 Å². The fourth-order valence-corrected chi connectivity index (χ4v) is 2.95. The Labute approximate surface area is 132 Å². The van der Waals surface area contributed by atoms with Crippen LogP contribution >= 0.6 is 12.6 Å². The molecular formula is C15H16F3N3S. The molecule has 0 radical (unpaired) electrons. The van der Waals surface area contributed by atoms with Gasteiger partial charge in [-0.05, 0) is 41.9 Å². The summed E-state index contributed by atoms with van der Waals surface area (Å²) in [7, 11) is 0. The standard InChI is InChI=1S/C15H16F3N3S/c1-8(2)10-5-11(9-3-4-9)12(6-13(10)22)21-7-19-14(20-21)15(16,17)18/h5-9,22H,3-4H2,1-2H3. The minimum absolute atomic E-state index is 0.306. The SMILES string of the molecule is CC(C)c1cc(C2CC2)c(-n2cnc(C(F)(F)F)n2)cc1S. The van der Waals surface area contributed by atoms with E-state index in [2.05, 4.69) is 42.6 Å².